The Labute approximate surface area is 88.5 Å². The molecule has 0 bridgehead atoms. The van der Waals surface area contributed by atoms with Crippen LogP contribution in [0.4, 0.5) is 0 Å². The summed E-state index contributed by atoms with van der Waals surface area (Å²) in [6.45, 7) is 4.92. The summed E-state index contributed by atoms with van der Waals surface area (Å²) in [7, 11) is 1.88. The third-order valence-electron chi connectivity index (χ3n) is 2.27. The molecular weight excluding hydrogens is 190 g/mol. The van der Waals surface area contributed by atoms with Gasteiger partial charge >= 0.3 is 0 Å². The molecule has 0 aliphatic rings. The molecule has 0 aliphatic carbocycles. The highest BCUT2D eigenvalue weighted by Gasteiger charge is 2.08. The zero-order valence-corrected chi connectivity index (χ0v) is 9.23. The van der Waals surface area contributed by atoms with Crippen molar-refractivity contribution in [1.29, 1.82) is 0 Å². The molecule has 5 nitrogen and oxygen atoms in total. The van der Waals surface area contributed by atoms with E-state index in [2.05, 4.69) is 34.5 Å². The van der Waals surface area contributed by atoms with Crippen LogP contribution in [0.1, 0.15) is 31.3 Å². The zero-order valence-electron chi connectivity index (χ0n) is 9.23. The van der Waals surface area contributed by atoms with Crippen LogP contribution in [-0.2, 0) is 6.54 Å². The van der Waals surface area contributed by atoms with Gasteiger partial charge in [0.1, 0.15) is 0 Å². The molecule has 2 heterocycles. The van der Waals surface area contributed by atoms with E-state index in [1.807, 2.05) is 19.2 Å². The van der Waals surface area contributed by atoms with Gasteiger partial charge in [-0.3, -0.25) is 0 Å². The van der Waals surface area contributed by atoms with Crippen molar-refractivity contribution in [1.82, 2.24) is 25.1 Å². The first kappa shape index (κ1) is 10.0. The van der Waals surface area contributed by atoms with E-state index in [1.165, 1.54) is 0 Å². The fourth-order valence-corrected chi connectivity index (χ4v) is 1.42. The van der Waals surface area contributed by atoms with Crippen LogP contribution in [0.25, 0.3) is 5.65 Å². The van der Waals surface area contributed by atoms with Gasteiger partial charge in [-0.05, 0) is 25.1 Å². The molecule has 0 radical (unpaired) electrons. The number of hydrogen-bond acceptors (Lipinski definition) is 4. The van der Waals surface area contributed by atoms with E-state index in [4.69, 9.17) is 0 Å². The van der Waals surface area contributed by atoms with Crippen molar-refractivity contribution in [3.63, 3.8) is 0 Å². The van der Waals surface area contributed by atoms with Gasteiger partial charge in [-0.15, -0.1) is 10.2 Å². The highest BCUT2D eigenvalue weighted by molar-refractivity contribution is 5.36. The zero-order chi connectivity index (χ0) is 10.8. The minimum Gasteiger partial charge on any atom is -0.313 e. The van der Waals surface area contributed by atoms with Crippen molar-refractivity contribution in [3.05, 3.63) is 23.7 Å². The number of aromatic nitrogens is 4. The van der Waals surface area contributed by atoms with Crippen LogP contribution in [0.3, 0.4) is 0 Å². The number of nitrogens with zero attached hydrogens (tertiary/aromatic N) is 4. The van der Waals surface area contributed by atoms with Gasteiger partial charge in [0, 0.05) is 0 Å². The Morgan fingerprint density at radius 2 is 2.13 bits per heavy atom. The summed E-state index contributed by atoms with van der Waals surface area (Å²) >= 11 is 0. The van der Waals surface area contributed by atoms with E-state index in [0.717, 1.165) is 17.2 Å². The molecule has 80 valence electrons. The fraction of sp³-hybridized carbons (Fsp3) is 0.500. The third kappa shape index (κ3) is 1.83. The first-order valence-electron chi connectivity index (χ1n) is 5.08. The lowest BCUT2D eigenvalue weighted by Crippen LogP contribution is -2.11. The standard InChI is InChI=1S/C10H15N5/c1-7(2)8-4-5-9-12-13-10(6-11-3)15(9)14-8/h4-5,7,11H,6H2,1-3H3. The SMILES string of the molecule is CNCc1nnc2ccc(C(C)C)nn12. The quantitative estimate of drug-likeness (QED) is 0.811. The van der Waals surface area contributed by atoms with Crippen LogP contribution in [-0.4, -0.2) is 26.9 Å². The smallest absolute Gasteiger partial charge is 0.177 e. The molecule has 0 aliphatic heterocycles. The van der Waals surface area contributed by atoms with Crippen molar-refractivity contribution in [3.8, 4) is 0 Å². The maximum atomic E-state index is 4.50. The molecule has 15 heavy (non-hydrogen) atoms. The van der Waals surface area contributed by atoms with Crippen LogP contribution in [0.2, 0.25) is 0 Å². The van der Waals surface area contributed by atoms with E-state index >= 15 is 0 Å². The summed E-state index contributed by atoms with van der Waals surface area (Å²) in [4.78, 5) is 0. The minimum atomic E-state index is 0.416. The lowest BCUT2D eigenvalue weighted by molar-refractivity contribution is 0.692. The van der Waals surface area contributed by atoms with Gasteiger partial charge in [-0.25, -0.2) is 0 Å². The van der Waals surface area contributed by atoms with E-state index in [-0.39, 0.29) is 0 Å². The molecular formula is C10H15N5. The maximum absolute atomic E-state index is 4.50. The van der Waals surface area contributed by atoms with Crippen LogP contribution in [0.15, 0.2) is 12.1 Å². The average Bonchev–Trinajstić information content (AvgIpc) is 2.61. The number of fused-ring (bicyclic) bond motifs is 1. The minimum absolute atomic E-state index is 0.416. The van der Waals surface area contributed by atoms with Crippen LogP contribution >= 0.6 is 0 Å². The van der Waals surface area contributed by atoms with Gasteiger partial charge in [0.25, 0.3) is 0 Å². The maximum Gasteiger partial charge on any atom is 0.177 e. The Hall–Kier alpha value is -1.49. The van der Waals surface area contributed by atoms with Gasteiger partial charge in [-0.1, -0.05) is 13.8 Å². The molecule has 0 amide bonds. The molecule has 0 saturated carbocycles. The molecule has 1 N–H and O–H groups in total. The first-order valence-corrected chi connectivity index (χ1v) is 5.08. The van der Waals surface area contributed by atoms with E-state index in [1.54, 1.807) is 4.52 Å². The summed E-state index contributed by atoms with van der Waals surface area (Å²) in [5.74, 6) is 1.26. The van der Waals surface area contributed by atoms with Crippen molar-refractivity contribution >= 4 is 5.65 Å². The van der Waals surface area contributed by atoms with Gasteiger partial charge in [-0.2, -0.15) is 9.61 Å². The lowest BCUT2D eigenvalue weighted by Gasteiger charge is -2.04. The first-order chi connectivity index (χ1) is 7.22. The summed E-state index contributed by atoms with van der Waals surface area (Å²) in [5.41, 5.74) is 1.85. The molecule has 0 spiro atoms. The van der Waals surface area contributed by atoms with Gasteiger partial charge < -0.3 is 5.32 Å². The average molecular weight is 205 g/mol. The summed E-state index contributed by atoms with van der Waals surface area (Å²) in [6, 6.07) is 3.95. The van der Waals surface area contributed by atoms with Gasteiger partial charge in [0.15, 0.2) is 11.5 Å². The summed E-state index contributed by atoms with van der Waals surface area (Å²) < 4.78 is 1.80. The molecule has 0 fully saturated rings. The predicted molar refractivity (Wildman–Crippen MR) is 57.6 cm³/mol. The molecule has 2 aromatic rings. The largest absolute Gasteiger partial charge is 0.313 e. The molecule has 5 heteroatoms. The molecule has 2 aromatic heterocycles. The number of hydrogen-bond donors (Lipinski definition) is 1. The van der Waals surface area contributed by atoms with Crippen molar-refractivity contribution in [2.45, 2.75) is 26.3 Å². The third-order valence-corrected chi connectivity index (χ3v) is 2.27. The highest BCUT2D eigenvalue weighted by Crippen LogP contribution is 2.11. The van der Waals surface area contributed by atoms with Crippen LogP contribution < -0.4 is 5.32 Å². The molecule has 2 rings (SSSR count). The second-order valence-electron chi connectivity index (χ2n) is 3.83. The van der Waals surface area contributed by atoms with E-state index < -0.39 is 0 Å². The van der Waals surface area contributed by atoms with Crippen molar-refractivity contribution < 1.29 is 0 Å². The summed E-state index contributed by atoms with van der Waals surface area (Å²) in [6.07, 6.45) is 0. The summed E-state index contributed by atoms with van der Waals surface area (Å²) in [5, 5.41) is 15.7. The van der Waals surface area contributed by atoms with Gasteiger partial charge in [0.05, 0.1) is 12.2 Å². The Balaban J connectivity index is 2.51. The lowest BCUT2D eigenvalue weighted by atomic mass is 10.1. The van der Waals surface area contributed by atoms with Crippen molar-refractivity contribution in [2.24, 2.45) is 0 Å². The van der Waals surface area contributed by atoms with Crippen LogP contribution in [0.5, 0.6) is 0 Å². The second-order valence-corrected chi connectivity index (χ2v) is 3.83. The van der Waals surface area contributed by atoms with Crippen LogP contribution in [0, 0.1) is 0 Å². The fourth-order valence-electron chi connectivity index (χ4n) is 1.42. The predicted octanol–water partition coefficient (Wildman–Crippen LogP) is 0.967. The van der Waals surface area contributed by atoms with E-state index in [9.17, 15) is 0 Å². The Kier molecular flexibility index (Phi) is 2.64. The highest BCUT2D eigenvalue weighted by atomic mass is 15.4. The molecule has 0 saturated heterocycles. The number of nitrogens with one attached hydrogen (secondary N) is 1. The second kappa shape index (κ2) is 3.94. The van der Waals surface area contributed by atoms with Gasteiger partial charge in [0.2, 0.25) is 0 Å². The molecule has 0 atom stereocenters. The Morgan fingerprint density at radius 1 is 1.33 bits per heavy atom. The Morgan fingerprint density at radius 3 is 2.80 bits per heavy atom. The number of rotatable bonds is 3. The van der Waals surface area contributed by atoms with E-state index in [0.29, 0.717) is 12.5 Å². The molecule has 0 aromatic carbocycles. The molecule has 0 unspecified atom stereocenters. The normalized spacial score (nSPS) is 11.5. The monoisotopic (exact) mass is 205 g/mol. The Bertz CT molecular complexity index is 460. The van der Waals surface area contributed by atoms with Crippen molar-refractivity contribution in [2.75, 3.05) is 7.05 Å². The topological polar surface area (TPSA) is 55.1 Å².